The maximum atomic E-state index is 12.8. The summed E-state index contributed by atoms with van der Waals surface area (Å²) < 4.78 is 0. The fraction of sp³-hybridized carbons (Fsp3) is 0.476. The van der Waals surface area contributed by atoms with E-state index in [1.165, 1.54) is 6.92 Å². The highest BCUT2D eigenvalue weighted by Crippen LogP contribution is 2.06. The van der Waals surface area contributed by atoms with Crippen molar-refractivity contribution in [2.75, 3.05) is 5.75 Å². The molecule has 4 amide bonds. The first-order valence-electron chi connectivity index (χ1n) is 10.5. The molecule has 1 aromatic carbocycles. The third-order valence-corrected chi connectivity index (χ3v) is 5.20. The molecule has 34 heavy (non-hydrogen) atoms. The van der Waals surface area contributed by atoms with Gasteiger partial charge in [-0.25, -0.2) is 4.79 Å². The molecule has 0 fully saturated rings. The number of amides is 4. The summed E-state index contributed by atoms with van der Waals surface area (Å²) in [6.07, 6.45) is -1.88. The third-order valence-electron chi connectivity index (χ3n) is 4.81. The number of aliphatic hydroxyl groups excluding tert-OH is 1. The van der Waals surface area contributed by atoms with Crippen LogP contribution in [0.15, 0.2) is 30.3 Å². The first-order valence-corrected chi connectivity index (χ1v) is 11.1. The number of carbonyl (C=O) groups excluding carboxylic acids is 4. The van der Waals surface area contributed by atoms with Crippen molar-refractivity contribution in [2.45, 2.75) is 56.5 Å². The molecular weight excluding hydrogens is 466 g/mol. The highest BCUT2D eigenvalue weighted by atomic mass is 32.1. The number of hydrogen-bond acceptors (Lipinski definition) is 8. The molecule has 5 atom stereocenters. The number of carbonyl (C=O) groups is 5. The number of rotatable bonds is 14. The van der Waals surface area contributed by atoms with E-state index in [0.29, 0.717) is 5.56 Å². The lowest BCUT2D eigenvalue weighted by molar-refractivity contribution is -0.143. The SMILES string of the molecule is CC(O)C(NC(=O)C(CCC(N)=O)NC(=O)C(N)CS)C(=O)NC(Cc1ccccc1)C(=O)O. The van der Waals surface area contributed by atoms with Crippen LogP contribution in [-0.2, 0) is 30.4 Å². The minimum atomic E-state index is -1.54. The Kier molecular flexibility index (Phi) is 12.0. The Hall–Kier alpha value is -3.16. The number of primary amides is 1. The highest BCUT2D eigenvalue weighted by Gasteiger charge is 2.32. The predicted octanol–water partition coefficient (Wildman–Crippen LogP) is -2.33. The minimum absolute atomic E-state index is 0.00725. The number of nitrogens with two attached hydrogens (primary N) is 2. The van der Waals surface area contributed by atoms with Crippen molar-refractivity contribution in [2.24, 2.45) is 11.5 Å². The molecule has 0 aromatic heterocycles. The quantitative estimate of drug-likeness (QED) is 0.130. The zero-order valence-electron chi connectivity index (χ0n) is 18.6. The Balaban J connectivity index is 2.96. The van der Waals surface area contributed by atoms with Crippen LogP contribution in [0.4, 0.5) is 0 Å². The second kappa shape index (κ2) is 14.2. The lowest BCUT2D eigenvalue weighted by Gasteiger charge is -2.26. The summed E-state index contributed by atoms with van der Waals surface area (Å²) in [4.78, 5) is 60.5. The molecule has 0 aliphatic carbocycles. The lowest BCUT2D eigenvalue weighted by atomic mass is 10.0. The molecule has 5 unspecified atom stereocenters. The molecule has 0 spiro atoms. The maximum absolute atomic E-state index is 12.8. The van der Waals surface area contributed by atoms with E-state index in [-0.39, 0.29) is 25.0 Å². The number of nitrogens with one attached hydrogen (secondary N) is 3. The van der Waals surface area contributed by atoms with Gasteiger partial charge in [0.15, 0.2) is 0 Å². The summed E-state index contributed by atoms with van der Waals surface area (Å²) in [5.74, 6) is -4.59. The zero-order chi connectivity index (χ0) is 25.8. The van der Waals surface area contributed by atoms with Gasteiger partial charge in [0.25, 0.3) is 0 Å². The molecule has 0 radical (unpaired) electrons. The smallest absolute Gasteiger partial charge is 0.326 e. The Morgan fingerprint density at radius 3 is 2.06 bits per heavy atom. The predicted molar refractivity (Wildman–Crippen MR) is 126 cm³/mol. The molecule has 0 aliphatic heterocycles. The van der Waals surface area contributed by atoms with Gasteiger partial charge >= 0.3 is 5.97 Å². The van der Waals surface area contributed by atoms with Crippen molar-refractivity contribution in [3.05, 3.63) is 35.9 Å². The lowest BCUT2D eigenvalue weighted by Crippen LogP contribution is -2.60. The zero-order valence-corrected chi connectivity index (χ0v) is 19.5. The number of aliphatic carboxylic acids is 1. The van der Waals surface area contributed by atoms with Crippen LogP contribution in [0.5, 0.6) is 0 Å². The van der Waals surface area contributed by atoms with Gasteiger partial charge in [0.1, 0.15) is 18.1 Å². The Labute approximate surface area is 202 Å². The Morgan fingerprint density at radius 2 is 1.56 bits per heavy atom. The van der Waals surface area contributed by atoms with Crippen LogP contribution in [0.1, 0.15) is 25.3 Å². The van der Waals surface area contributed by atoms with Crippen molar-refractivity contribution in [3.63, 3.8) is 0 Å². The molecule has 0 bridgehead atoms. The fourth-order valence-electron chi connectivity index (χ4n) is 2.89. The first-order chi connectivity index (χ1) is 16.0. The number of thiol groups is 1. The largest absolute Gasteiger partial charge is 0.480 e. The van der Waals surface area contributed by atoms with Crippen LogP contribution < -0.4 is 27.4 Å². The molecular formula is C21H31N5O7S. The summed E-state index contributed by atoms with van der Waals surface area (Å²) >= 11 is 3.91. The van der Waals surface area contributed by atoms with Crippen molar-refractivity contribution < 1.29 is 34.2 Å². The molecule has 9 N–H and O–H groups in total. The number of aliphatic hydroxyl groups is 1. The van der Waals surface area contributed by atoms with Crippen molar-refractivity contribution in [3.8, 4) is 0 Å². The highest BCUT2D eigenvalue weighted by molar-refractivity contribution is 7.80. The average Bonchev–Trinajstić information content (AvgIpc) is 2.78. The van der Waals surface area contributed by atoms with Gasteiger partial charge in [-0.2, -0.15) is 12.6 Å². The van der Waals surface area contributed by atoms with Crippen molar-refractivity contribution >= 4 is 42.2 Å². The van der Waals surface area contributed by atoms with Gasteiger partial charge in [-0.3, -0.25) is 19.2 Å². The molecule has 0 saturated carbocycles. The molecule has 1 aromatic rings. The van der Waals surface area contributed by atoms with Gasteiger partial charge in [0.2, 0.25) is 23.6 Å². The number of carboxylic acid groups (broad SMARTS) is 1. The van der Waals surface area contributed by atoms with Crippen molar-refractivity contribution in [1.82, 2.24) is 16.0 Å². The summed E-state index contributed by atoms with van der Waals surface area (Å²) in [5.41, 5.74) is 11.4. The summed E-state index contributed by atoms with van der Waals surface area (Å²) in [7, 11) is 0. The van der Waals surface area contributed by atoms with Crippen molar-refractivity contribution in [1.29, 1.82) is 0 Å². The molecule has 0 aliphatic rings. The van der Waals surface area contributed by atoms with Gasteiger partial charge in [-0.15, -0.1) is 0 Å². The molecule has 13 heteroatoms. The van der Waals surface area contributed by atoms with E-state index in [4.69, 9.17) is 11.5 Å². The fourth-order valence-corrected chi connectivity index (χ4v) is 3.05. The molecule has 188 valence electrons. The van der Waals surface area contributed by atoms with E-state index in [0.717, 1.165) is 0 Å². The molecule has 0 heterocycles. The monoisotopic (exact) mass is 497 g/mol. The molecule has 12 nitrogen and oxygen atoms in total. The van der Waals surface area contributed by atoms with E-state index in [1.807, 2.05) is 0 Å². The van der Waals surface area contributed by atoms with Crippen LogP contribution in [0.25, 0.3) is 0 Å². The van der Waals surface area contributed by atoms with E-state index in [1.54, 1.807) is 30.3 Å². The summed E-state index contributed by atoms with van der Waals surface area (Å²) in [6.45, 7) is 1.23. The minimum Gasteiger partial charge on any atom is -0.480 e. The maximum Gasteiger partial charge on any atom is 0.326 e. The number of carboxylic acids is 1. The topological polar surface area (TPSA) is 214 Å². The van der Waals surface area contributed by atoms with E-state index < -0.39 is 59.9 Å². The van der Waals surface area contributed by atoms with E-state index in [9.17, 15) is 34.2 Å². The van der Waals surface area contributed by atoms with Gasteiger partial charge in [0, 0.05) is 18.6 Å². The standard InChI is InChI=1S/C21H31N5O7S/c1-11(27)17(20(31)25-15(21(32)33)9-12-5-3-2-4-6-12)26-19(30)14(7-8-16(23)28)24-18(29)13(22)10-34/h2-6,11,13-15,17,27,34H,7-10,22H2,1H3,(H2,23,28)(H,24,29)(H,25,31)(H,26,30)(H,32,33). The normalized spacial score (nSPS) is 15.2. The van der Waals surface area contributed by atoms with Crippen LogP contribution in [-0.4, -0.2) is 75.8 Å². The van der Waals surface area contributed by atoms with Crippen LogP contribution in [0, 0.1) is 0 Å². The van der Waals surface area contributed by atoms with Crippen LogP contribution >= 0.6 is 12.6 Å². The third kappa shape index (κ3) is 9.77. The van der Waals surface area contributed by atoms with Gasteiger partial charge < -0.3 is 37.6 Å². The Bertz CT molecular complexity index is 868. The van der Waals surface area contributed by atoms with Gasteiger partial charge in [0.05, 0.1) is 12.1 Å². The van der Waals surface area contributed by atoms with Gasteiger partial charge in [-0.1, -0.05) is 30.3 Å². The second-order valence-electron chi connectivity index (χ2n) is 7.67. The first kappa shape index (κ1) is 28.9. The average molecular weight is 498 g/mol. The molecule has 0 saturated heterocycles. The van der Waals surface area contributed by atoms with E-state index in [2.05, 4.69) is 28.6 Å². The van der Waals surface area contributed by atoms with Crippen LogP contribution in [0.3, 0.4) is 0 Å². The van der Waals surface area contributed by atoms with Gasteiger partial charge in [-0.05, 0) is 18.9 Å². The molecule has 1 rings (SSSR count). The van der Waals surface area contributed by atoms with E-state index >= 15 is 0 Å². The summed E-state index contributed by atoms with van der Waals surface area (Å²) in [5, 5.41) is 26.5. The Morgan fingerprint density at radius 1 is 0.971 bits per heavy atom. The number of hydrogen-bond donors (Lipinski definition) is 8. The second-order valence-corrected chi connectivity index (χ2v) is 8.04. The summed E-state index contributed by atoms with van der Waals surface area (Å²) in [6, 6.07) is 3.38. The number of benzene rings is 1. The van der Waals surface area contributed by atoms with Crippen LogP contribution in [0.2, 0.25) is 0 Å².